The van der Waals surface area contributed by atoms with Crippen molar-refractivity contribution in [3.05, 3.63) is 59.0 Å². The van der Waals surface area contributed by atoms with Gasteiger partial charge in [0.25, 0.3) is 5.91 Å². The van der Waals surface area contributed by atoms with Crippen molar-refractivity contribution < 1.29 is 42.1 Å². The van der Waals surface area contributed by atoms with Crippen LogP contribution in [0, 0.1) is 18.7 Å². The van der Waals surface area contributed by atoms with E-state index >= 15 is 0 Å². The first-order chi connectivity index (χ1) is 15.4. The Bertz CT molecular complexity index is 1210. The Morgan fingerprint density at radius 1 is 1.18 bits per heavy atom. The number of phenols is 1. The summed E-state index contributed by atoms with van der Waals surface area (Å²) in [5, 5.41) is 22.1. The molecule has 1 heterocycles. The van der Waals surface area contributed by atoms with Crippen molar-refractivity contribution in [2.45, 2.75) is 39.5 Å². The van der Waals surface area contributed by atoms with Gasteiger partial charge in [0.1, 0.15) is 5.75 Å². The van der Waals surface area contributed by atoms with Crippen LogP contribution in [0.3, 0.4) is 0 Å². The number of benzene rings is 2. The minimum Gasteiger partial charge on any atom is -0.549 e. The molecule has 0 saturated heterocycles. The van der Waals surface area contributed by atoms with Crippen LogP contribution in [0.5, 0.6) is 11.5 Å². The van der Waals surface area contributed by atoms with Gasteiger partial charge in [0, 0.05) is 34.6 Å². The van der Waals surface area contributed by atoms with Gasteiger partial charge < -0.3 is 19.7 Å². The number of fused-ring (bicyclic) bond motifs is 1. The predicted octanol–water partition coefficient (Wildman–Crippen LogP) is 4.26. The Morgan fingerprint density at radius 2 is 1.79 bits per heavy atom. The van der Waals surface area contributed by atoms with Crippen molar-refractivity contribution >= 4 is 22.8 Å². The predicted molar refractivity (Wildman–Crippen MR) is 108 cm³/mol. The van der Waals surface area contributed by atoms with E-state index in [4.69, 9.17) is 0 Å². The lowest BCUT2D eigenvalue weighted by molar-refractivity contribution is -0.309. The van der Waals surface area contributed by atoms with Crippen molar-refractivity contribution in [2.24, 2.45) is 5.92 Å². The van der Waals surface area contributed by atoms with Crippen molar-refractivity contribution in [3.8, 4) is 11.5 Å². The van der Waals surface area contributed by atoms with Crippen LogP contribution in [0.4, 0.5) is 17.6 Å². The topological polar surface area (TPSA) is 91.6 Å². The molecule has 2 atom stereocenters. The number of phenolic OH excluding ortho intramolecular Hbond substituents is 1. The molecule has 10 heteroatoms. The number of hydrogen-bond donors (Lipinski definition) is 1. The molecule has 176 valence electrons. The number of nitrogens with zero attached hydrogens (tertiary/aromatic N) is 1. The first-order valence-electron chi connectivity index (χ1n) is 10.0. The number of hydrogen-bond acceptors (Lipinski definition) is 5. The third kappa shape index (κ3) is 4.64. The molecule has 0 aliphatic heterocycles. The lowest BCUT2D eigenvalue weighted by Gasteiger charge is -2.25. The summed E-state index contributed by atoms with van der Waals surface area (Å²) >= 11 is 0. The van der Waals surface area contributed by atoms with Crippen LogP contribution in [0.15, 0.2) is 36.4 Å². The first kappa shape index (κ1) is 24.1. The fourth-order valence-corrected chi connectivity index (χ4v) is 3.90. The summed E-state index contributed by atoms with van der Waals surface area (Å²) in [6, 6.07) is 6.08. The summed E-state index contributed by atoms with van der Waals surface area (Å²) in [4.78, 5) is 25.3. The zero-order valence-corrected chi connectivity index (χ0v) is 17.9. The van der Waals surface area contributed by atoms with Gasteiger partial charge >= 0.3 is 6.36 Å². The van der Waals surface area contributed by atoms with Crippen molar-refractivity contribution in [1.82, 2.24) is 4.57 Å². The molecule has 1 N–H and O–H groups in total. The Balaban J connectivity index is 2.21. The Kier molecular flexibility index (Phi) is 6.40. The number of carboxylic acids is 1. The second-order valence-electron chi connectivity index (χ2n) is 7.71. The largest absolute Gasteiger partial charge is 0.573 e. The summed E-state index contributed by atoms with van der Waals surface area (Å²) in [5.41, 5.74) is 0.344. The van der Waals surface area contributed by atoms with Crippen LogP contribution in [0.1, 0.15) is 47.8 Å². The van der Waals surface area contributed by atoms with Gasteiger partial charge in [-0.3, -0.25) is 9.36 Å². The van der Waals surface area contributed by atoms with Crippen molar-refractivity contribution in [2.75, 3.05) is 0 Å². The van der Waals surface area contributed by atoms with Gasteiger partial charge in [-0.1, -0.05) is 20.3 Å². The van der Waals surface area contributed by atoms with Crippen LogP contribution in [-0.2, 0) is 4.79 Å². The van der Waals surface area contributed by atoms with Gasteiger partial charge in [-0.05, 0) is 48.7 Å². The molecule has 0 bridgehead atoms. The fraction of sp³-hybridized carbons (Fsp3) is 0.304. The molecule has 3 rings (SSSR count). The average Bonchev–Trinajstić information content (AvgIpc) is 2.98. The molecule has 1 unspecified atom stereocenters. The molecule has 0 aliphatic rings. The molecule has 1 aromatic heterocycles. The van der Waals surface area contributed by atoms with E-state index in [9.17, 15) is 37.4 Å². The number of aromatic nitrogens is 1. The third-order valence-corrected chi connectivity index (χ3v) is 5.64. The quantitative estimate of drug-likeness (QED) is 0.548. The van der Waals surface area contributed by atoms with Gasteiger partial charge in [-0.2, -0.15) is 0 Å². The van der Waals surface area contributed by atoms with Gasteiger partial charge in [0.2, 0.25) is 0 Å². The smallest absolute Gasteiger partial charge is 0.549 e. The molecule has 0 radical (unpaired) electrons. The highest BCUT2D eigenvalue weighted by atomic mass is 19.4. The lowest BCUT2D eigenvalue weighted by Crippen LogP contribution is -2.33. The normalized spacial score (nSPS) is 13.7. The standard InChI is InChI=1S/C23H21F4NO5/c1-4-11(2)19(22(31)32)20-12(3)28(17-10-16(24)18(29)9-15(17)20)21(30)13-5-7-14(8-6-13)33-23(25,26)27/h5-11,19,29H,4H2,1-3H3,(H,31,32)/p-1/t11?,19-/m0/s1. The highest BCUT2D eigenvalue weighted by molar-refractivity contribution is 6.05. The van der Waals surface area contributed by atoms with Gasteiger partial charge in [0.05, 0.1) is 5.52 Å². The van der Waals surface area contributed by atoms with E-state index in [-0.39, 0.29) is 27.7 Å². The highest BCUT2D eigenvalue weighted by Crippen LogP contribution is 2.39. The molecule has 0 amide bonds. The summed E-state index contributed by atoms with van der Waals surface area (Å²) in [5.74, 6) is -5.96. The van der Waals surface area contributed by atoms with E-state index in [1.165, 1.54) is 6.92 Å². The van der Waals surface area contributed by atoms with Gasteiger partial charge in [-0.15, -0.1) is 13.2 Å². The molecule has 33 heavy (non-hydrogen) atoms. The molecule has 0 fully saturated rings. The maximum absolute atomic E-state index is 14.2. The number of rotatable bonds is 6. The first-order valence-corrected chi connectivity index (χ1v) is 10.0. The monoisotopic (exact) mass is 466 g/mol. The molecule has 0 spiro atoms. The van der Waals surface area contributed by atoms with E-state index in [1.54, 1.807) is 13.8 Å². The maximum Gasteiger partial charge on any atom is 0.573 e. The van der Waals surface area contributed by atoms with Crippen LogP contribution in [0.2, 0.25) is 0 Å². The Morgan fingerprint density at radius 3 is 2.30 bits per heavy atom. The van der Waals surface area contributed by atoms with Gasteiger partial charge in [0.15, 0.2) is 11.6 Å². The molecule has 3 aromatic rings. The molecule has 0 saturated carbocycles. The van der Waals surface area contributed by atoms with Crippen LogP contribution in [0.25, 0.3) is 10.9 Å². The summed E-state index contributed by atoms with van der Waals surface area (Å²) < 4.78 is 56.3. The fourth-order valence-electron chi connectivity index (χ4n) is 3.90. The molecular formula is C23H20F4NO5-. The molecular weight excluding hydrogens is 446 g/mol. The van der Waals surface area contributed by atoms with Crippen molar-refractivity contribution in [3.63, 3.8) is 0 Å². The number of carbonyl (C=O) groups is 2. The van der Waals surface area contributed by atoms with E-state index in [0.717, 1.165) is 41.0 Å². The van der Waals surface area contributed by atoms with E-state index < -0.39 is 47.4 Å². The number of carbonyl (C=O) groups excluding carboxylic acids is 2. The third-order valence-electron chi connectivity index (χ3n) is 5.64. The minimum absolute atomic E-state index is 0.00738. The van der Waals surface area contributed by atoms with Crippen LogP contribution in [-0.4, -0.2) is 27.9 Å². The number of ether oxygens (including phenoxy) is 1. The molecule has 6 nitrogen and oxygen atoms in total. The highest BCUT2D eigenvalue weighted by Gasteiger charge is 2.32. The number of aromatic hydroxyl groups is 1. The second-order valence-corrected chi connectivity index (χ2v) is 7.71. The SMILES string of the molecule is CCC(C)[C@H](C(=O)[O-])c1c(C)n(C(=O)c2ccc(OC(F)(F)F)cc2)c2cc(F)c(O)cc12. The van der Waals surface area contributed by atoms with E-state index in [2.05, 4.69) is 4.74 Å². The van der Waals surface area contributed by atoms with Crippen molar-refractivity contribution in [1.29, 1.82) is 0 Å². The van der Waals surface area contributed by atoms with Crippen LogP contribution < -0.4 is 9.84 Å². The Labute approximate surface area is 186 Å². The summed E-state index contributed by atoms with van der Waals surface area (Å²) in [6.07, 6.45) is -4.43. The number of carboxylic acid groups (broad SMARTS) is 1. The summed E-state index contributed by atoms with van der Waals surface area (Å²) in [7, 11) is 0. The average molecular weight is 466 g/mol. The number of alkyl halides is 3. The lowest BCUT2D eigenvalue weighted by atomic mass is 9.84. The van der Waals surface area contributed by atoms with E-state index in [0.29, 0.717) is 6.42 Å². The molecule has 2 aromatic carbocycles. The zero-order chi connectivity index (χ0) is 24.7. The minimum atomic E-state index is -4.90. The molecule has 0 aliphatic carbocycles. The maximum atomic E-state index is 14.2. The second kappa shape index (κ2) is 8.76. The number of aliphatic carboxylic acids is 1. The van der Waals surface area contributed by atoms with Gasteiger partial charge in [-0.25, -0.2) is 4.39 Å². The van der Waals surface area contributed by atoms with Crippen LogP contribution >= 0.6 is 0 Å². The Hall–Kier alpha value is -3.56. The number of halogens is 4. The summed E-state index contributed by atoms with van der Waals surface area (Å²) in [6.45, 7) is 4.94. The zero-order valence-electron chi connectivity index (χ0n) is 17.9. The van der Waals surface area contributed by atoms with E-state index in [1.807, 2.05) is 0 Å².